The van der Waals surface area contributed by atoms with Gasteiger partial charge in [-0.15, -0.1) is 12.4 Å². The number of nitrogens with zero attached hydrogens (tertiary/aromatic N) is 2. The number of hydrogen-bond donors (Lipinski definition) is 1. The lowest BCUT2D eigenvalue weighted by atomic mass is 10.0. The Morgan fingerprint density at radius 2 is 2.10 bits per heavy atom. The maximum atomic E-state index is 12.5. The van der Waals surface area contributed by atoms with Crippen LogP contribution < -0.4 is 5.32 Å². The Morgan fingerprint density at radius 3 is 2.70 bits per heavy atom. The Morgan fingerprint density at radius 1 is 1.30 bits per heavy atom. The summed E-state index contributed by atoms with van der Waals surface area (Å²) in [4.78, 5) is 28.3. The number of hydrogen-bond acceptors (Lipinski definition) is 3. The largest absolute Gasteiger partial charge is 0.336 e. The molecule has 2 heterocycles. The normalized spacial score (nSPS) is 36.2. The summed E-state index contributed by atoms with van der Waals surface area (Å²) in [6.45, 7) is 3.82. The van der Waals surface area contributed by atoms with Crippen LogP contribution in [0.4, 0.5) is 0 Å². The van der Waals surface area contributed by atoms with Gasteiger partial charge < -0.3 is 15.1 Å². The van der Waals surface area contributed by atoms with Gasteiger partial charge in [0.15, 0.2) is 0 Å². The lowest BCUT2D eigenvalue weighted by molar-refractivity contribution is -0.146. The first-order chi connectivity index (χ1) is 9.20. The highest BCUT2D eigenvalue weighted by Crippen LogP contribution is 2.57. The summed E-state index contributed by atoms with van der Waals surface area (Å²) < 4.78 is 0. The molecule has 2 saturated heterocycles. The van der Waals surface area contributed by atoms with Gasteiger partial charge in [-0.2, -0.15) is 0 Å². The zero-order chi connectivity index (χ0) is 13.0. The van der Waals surface area contributed by atoms with Gasteiger partial charge in [-0.25, -0.2) is 0 Å². The third-order valence-electron chi connectivity index (χ3n) is 5.32. The smallest absolute Gasteiger partial charge is 0.242 e. The highest BCUT2D eigenvalue weighted by molar-refractivity contribution is 5.89. The Bertz CT molecular complexity index is 432. The first-order valence-electron chi connectivity index (χ1n) is 7.49. The van der Waals surface area contributed by atoms with Crippen LogP contribution in [0.1, 0.15) is 25.7 Å². The van der Waals surface area contributed by atoms with Gasteiger partial charge in [0.25, 0.3) is 0 Å². The van der Waals surface area contributed by atoms with Gasteiger partial charge in [-0.05, 0) is 37.6 Å². The second-order valence-electron chi connectivity index (χ2n) is 6.62. The maximum Gasteiger partial charge on any atom is 0.242 e. The molecule has 4 rings (SSSR count). The van der Waals surface area contributed by atoms with Gasteiger partial charge in [0, 0.05) is 31.6 Å². The van der Waals surface area contributed by atoms with Gasteiger partial charge in [-0.1, -0.05) is 0 Å². The molecule has 0 radical (unpaired) electrons. The molecule has 5 nitrogen and oxygen atoms in total. The molecule has 0 aromatic carbocycles. The summed E-state index contributed by atoms with van der Waals surface area (Å²) >= 11 is 0. The molecule has 1 N–H and O–H groups in total. The van der Waals surface area contributed by atoms with Crippen LogP contribution in [0.15, 0.2) is 0 Å². The molecular formula is C14H22ClN3O2. The molecule has 4 aliphatic rings. The van der Waals surface area contributed by atoms with Crippen molar-refractivity contribution < 1.29 is 9.59 Å². The molecular weight excluding hydrogens is 278 g/mol. The van der Waals surface area contributed by atoms with E-state index in [0.717, 1.165) is 51.9 Å². The number of nitrogens with one attached hydrogen (secondary N) is 1. The summed E-state index contributed by atoms with van der Waals surface area (Å²) in [7, 11) is 0. The van der Waals surface area contributed by atoms with Crippen LogP contribution in [0.5, 0.6) is 0 Å². The highest BCUT2D eigenvalue weighted by atomic mass is 35.5. The number of carbonyl (C=O) groups is 2. The predicted octanol–water partition coefficient (Wildman–Crippen LogP) is 0.241. The van der Waals surface area contributed by atoms with Gasteiger partial charge in [0.1, 0.15) is 0 Å². The molecule has 0 aromatic heterocycles. The van der Waals surface area contributed by atoms with Gasteiger partial charge in [0.2, 0.25) is 11.8 Å². The minimum Gasteiger partial charge on any atom is -0.336 e. The van der Waals surface area contributed by atoms with E-state index in [-0.39, 0.29) is 35.6 Å². The van der Waals surface area contributed by atoms with Crippen LogP contribution in [0, 0.1) is 11.3 Å². The van der Waals surface area contributed by atoms with E-state index in [1.807, 2.05) is 4.90 Å². The molecule has 2 aliphatic carbocycles. The molecule has 2 aliphatic heterocycles. The fourth-order valence-electron chi connectivity index (χ4n) is 3.80. The molecule has 4 fully saturated rings. The van der Waals surface area contributed by atoms with Crippen LogP contribution in [0.25, 0.3) is 0 Å². The number of amides is 2. The Kier molecular flexibility index (Phi) is 3.45. The molecule has 20 heavy (non-hydrogen) atoms. The number of rotatable bonds is 2. The predicted molar refractivity (Wildman–Crippen MR) is 76.6 cm³/mol. The van der Waals surface area contributed by atoms with Crippen LogP contribution in [-0.4, -0.2) is 60.4 Å². The highest BCUT2D eigenvalue weighted by Gasteiger charge is 2.60. The van der Waals surface area contributed by atoms with E-state index >= 15 is 0 Å². The van der Waals surface area contributed by atoms with Crippen molar-refractivity contribution in [3.8, 4) is 0 Å². The Balaban J connectivity index is 0.00000121. The second kappa shape index (κ2) is 4.88. The van der Waals surface area contributed by atoms with Crippen LogP contribution in [0.2, 0.25) is 0 Å². The van der Waals surface area contributed by atoms with E-state index in [2.05, 4.69) is 5.32 Å². The number of piperazine rings is 1. The average Bonchev–Trinajstić information content (AvgIpc) is 3.28. The minimum atomic E-state index is 0. The molecule has 6 heteroatoms. The first kappa shape index (κ1) is 14.1. The third-order valence-corrected chi connectivity index (χ3v) is 5.32. The molecule has 2 amide bonds. The average molecular weight is 300 g/mol. The van der Waals surface area contributed by atoms with E-state index in [1.165, 1.54) is 0 Å². The van der Waals surface area contributed by atoms with Gasteiger partial charge in [-0.3, -0.25) is 9.59 Å². The van der Waals surface area contributed by atoms with Crippen molar-refractivity contribution >= 4 is 24.2 Å². The van der Waals surface area contributed by atoms with E-state index in [9.17, 15) is 9.59 Å². The van der Waals surface area contributed by atoms with Crippen LogP contribution in [0.3, 0.4) is 0 Å². The van der Waals surface area contributed by atoms with Crippen molar-refractivity contribution in [2.24, 2.45) is 11.3 Å². The fraction of sp³-hybridized carbons (Fsp3) is 0.857. The summed E-state index contributed by atoms with van der Waals surface area (Å²) in [5.74, 6) is 0.566. The summed E-state index contributed by atoms with van der Waals surface area (Å²) in [6.07, 6.45) is 4.45. The molecule has 2 unspecified atom stereocenters. The molecule has 0 bridgehead atoms. The lowest BCUT2D eigenvalue weighted by Crippen LogP contribution is -2.53. The van der Waals surface area contributed by atoms with Crippen molar-refractivity contribution in [3.63, 3.8) is 0 Å². The molecule has 112 valence electrons. The monoisotopic (exact) mass is 299 g/mol. The van der Waals surface area contributed by atoms with E-state index in [0.29, 0.717) is 12.6 Å². The molecule has 2 atom stereocenters. The number of halogens is 1. The van der Waals surface area contributed by atoms with Crippen molar-refractivity contribution in [1.29, 1.82) is 0 Å². The van der Waals surface area contributed by atoms with E-state index in [4.69, 9.17) is 0 Å². The zero-order valence-electron chi connectivity index (χ0n) is 11.6. The summed E-state index contributed by atoms with van der Waals surface area (Å²) in [5, 5.41) is 3.36. The van der Waals surface area contributed by atoms with Crippen molar-refractivity contribution in [1.82, 2.24) is 15.1 Å². The second-order valence-corrected chi connectivity index (χ2v) is 6.62. The lowest BCUT2D eigenvalue weighted by Gasteiger charge is -2.35. The van der Waals surface area contributed by atoms with Crippen molar-refractivity contribution in [2.75, 3.05) is 32.7 Å². The van der Waals surface area contributed by atoms with E-state index in [1.54, 1.807) is 4.90 Å². The topological polar surface area (TPSA) is 52.7 Å². The maximum absolute atomic E-state index is 12.5. The zero-order valence-corrected chi connectivity index (χ0v) is 12.5. The standard InChI is InChI=1S/C14H21N3O2.ClH/c18-12-8-16(5-6-17(12)10-1-2-10)13(19)11-7-14(11)3-4-15-9-14;/h10-11,15H,1-9H2;1H. The number of carbonyl (C=O) groups excluding carboxylic acids is 2. The summed E-state index contributed by atoms with van der Waals surface area (Å²) in [5.41, 5.74) is 0.244. The van der Waals surface area contributed by atoms with Crippen LogP contribution in [-0.2, 0) is 9.59 Å². The molecule has 0 aromatic rings. The SMILES string of the molecule is Cl.O=C(C1CC12CCNC2)N1CCN(C2CC2)C(=O)C1. The third kappa shape index (κ3) is 2.21. The van der Waals surface area contributed by atoms with Crippen molar-refractivity contribution in [2.45, 2.75) is 31.7 Å². The van der Waals surface area contributed by atoms with E-state index < -0.39 is 0 Å². The quantitative estimate of drug-likeness (QED) is 0.795. The van der Waals surface area contributed by atoms with Crippen molar-refractivity contribution in [3.05, 3.63) is 0 Å². The Labute approximate surface area is 125 Å². The van der Waals surface area contributed by atoms with Crippen LogP contribution >= 0.6 is 12.4 Å². The minimum absolute atomic E-state index is 0. The molecule has 1 spiro atoms. The Hall–Kier alpha value is -0.810. The summed E-state index contributed by atoms with van der Waals surface area (Å²) in [6, 6.07) is 0.482. The molecule has 2 saturated carbocycles. The first-order valence-corrected chi connectivity index (χ1v) is 7.49. The van der Waals surface area contributed by atoms with Gasteiger partial charge >= 0.3 is 0 Å². The fourth-order valence-corrected chi connectivity index (χ4v) is 3.80. The van der Waals surface area contributed by atoms with Gasteiger partial charge in [0.05, 0.1) is 6.54 Å².